The van der Waals surface area contributed by atoms with Gasteiger partial charge >= 0.3 is 0 Å². The summed E-state index contributed by atoms with van der Waals surface area (Å²) >= 11 is 17.8. The van der Waals surface area contributed by atoms with Crippen LogP contribution in [0.4, 0.5) is 0 Å². The zero-order chi connectivity index (χ0) is 14.1. The van der Waals surface area contributed by atoms with Crippen molar-refractivity contribution in [3.05, 3.63) is 46.2 Å². The van der Waals surface area contributed by atoms with Crippen molar-refractivity contribution >= 4 is 34.8 Å². The average Bonchev–Trinajstić information content (AvgIpc) is 2.90. The molecule has 9 heteroatoms. The number of halogens is 3. The van der Waals surface area contributed by atoms with Crippen molar-refractivity contribution in [2.75, 3.05) is 0 Å². The van der Waals surface area contributed by atoms with E-state index in [1.807, 2.05) is 0 Å². The van der Waals surface area contributed by atoms with Crippen molar-refractivity contribution in [3.8, 4) is 17.3 Å². The van der Waals surface area contributed by atoms with Crippen molar-refractivity contribution in [1.29, 1.82) is 0 Å². The molecule has 0 saturated heterocycles. The molecule has 6 nitrogen and oxygen atoms in total. The third kappa shape index (κ3) is 2.72. The number of hydrogen-bond donors (Lipinski definition) is 0. The monoisotopic (exact) mass is 326 g/mol. The summed E-state index contributed by atoms with van der Waals surface area (Å²) in [5, 5.41) is 4.93. The molecular weight excluding hydrogens is 323 g/mol. The van der Waals surface area contributed by atoms with Crippen LogP contribution < -0.4 is 0 Å². The van der Waals surface area contributed by atoms with Gasteiger partial charge in [-0.2, -0.15) is 24.7 Å². The maximum Gasteiger partial charge on any atom is 0.256 e. The zero-order valence-electron chi connectivity index (χ0n) is 9.70. The molecule has 2 aromatic heterocycles. The minimum Gasteiger partial charge on any atom is -0.223 e. The van der Waals surface area contributed by atoms with Gasteiger partial charge in [0.15, 0.2) is 5.82 Å². The highest BCUT2D eigenvalue weighted by Crippen LogP contribution is 2.25. The van der Waals surface area contributed by atoms with Gasteiger partial charge in [0, 0.05) is 15.6 Å². The Hall–Kier alpha value is -1.76. The molecule has 0 aliphatic heterocycles. The largest absolute Gasteiger partial charge is 0.256 e. The summed E-state index contributed by atoms with van der Waals surface area (Å²) in [6, 6.07) is 4.99. The number of nitrogens with zero attached hydrogens (tertiary/aromatic N) is 6. The summed E-state index contributed by atoms with van der Waals surface area (Å²) in [4.78, 5) is 16.1. The number of hydrogen-bond acceptors (Lipinski definition) is 5. The fourth-order valence-electron chi connectivity index (χ4n) is 1.57. The molecule has 100 valence electrons. The van der Waals surface area contributed by atoms with Crippen molar-refractivity contribution in [2.45, 2.75) is 0 Å². The Bertz CT molecular complexity index is 739. The van der Waals surface area contributed by atoms with E-state index in [0.29, 0.717) is 21.4 Å². The lowest BCUT2D eigenvalue weighted by Gasteiger charge is -2.05. The van der Waals surface area contributed by atoms with E-state index in [4.69, 9.17) is 34.8 Å². The fourth-order valence-corrected chi connectivity index (χ4v) is 2.25. The normalized spacial score (nSPS) is 10.8. The van der Waals surface area contributed by atoms with Crippen LogP contribution in [-0.2, 0) is 0 Å². The summed E-state index contributed by atoms with van der Waals surface area (Å²) in [5.74, 6) is 0.605. The molecule has 0 unspecified atom stereocenters. The maximum absolute atomic E-state index is 5.96. The number of rotatable bonds is 2. The zero-order valence-corrected chi connectivity index (χ0v) is 12.0. The summed E-state index contributed by atoms with van der Waals surface area (Å²) in [6.07, 6.45) is 2.83. The van der Waals surface area contributed by atoms with E-state index in [1.165, 1.54) is 17.3 Å². The molecule has 2 heterocycles. The van der Waals surface area contributed by atoms with E-state index < -0.39 is 0 Å². The Balaban J connectivity index is 2.14. The molecule has 3 rings (SSSR count). The van der Waals surface area contributed by atoms with Gasteiger partial charge in [-0.1, -0.05) is 23.2 Å². The predicted molar refractivity (Wildman–Crippen MR) is 75.2 cm³/mol. The molecule has 0 amide bonds. The minimum atomic E-state index is 0.0385. The Morgan fingerprint density at radius 3 is 2.30 bits per heavy atom. The molecule has 0 fully saturated rings. The van der Waals surface area contributed by atoms with Gasteiger partial charge in [-0.25, -0.2) is 4.98 Å². The smallest absolute Gasteiger partial charge is 0.223 e. The van der Waals surface area contributed by atoms with Gasteiger partial charge in [-0.3, -0.25) is 0 Å². The van der Waals surface area contributed by atoms with E-state index in [-0.39, 0.29) is 11.2 Å². The third-order valence-corrected chi connectivity index (χ3v) is 2.95. The van der Waals surface area contributed by atoms with Crippen LogP contribution in [0.3, 0.4) is 0 Å². The Kier molecular flexibility index (Phi) is 3.52. The molecule has 3 aromatic rings. The van der Waals surface area contributed by atoms with Gasteiger partial charge in [0.2, 0.25) is 5.28 Å². The van der Waals surface area contributed by atoms with Crippen LogP contribution in [0.25, 0.3) is 17.3 Å². The van der Waals surface area contributed by atoms with Crippen LogP contribution in [0.15, 0.2) is 30.9 Å². The molecule has 20 heavy (non-hydrogen) atoms. The minimum absolute atomic E-state index is 0.0385. The van der Waals surface area contributed by atoms with Gasteiger partial charge in [0.05, 0.1) is 0 Å². The van der Waals surface area contributed by atoms with Crippen molar-refractivity contribution in [3.63, 3.8) is 0 Å². The lowest BCUT2D eigenvalue weighted by atomic mass is 10.2. The second-order valence-corrected chi connectivity index (χ2v) is 4.94. The SMILES string of the molecule is Clc1cc(Cl)cc(-c2nc(Cl)nc(-n3cncn3)n2)c1. The van der Waals surface area contributed by atoms with Crippen LogP contribution in [0.2, 0.25) is 15.3 Å². The molecule has 0 N–H and O–H groups in total. The van der Waals surface area contributed by atoms with E-state index in [2.05, 4.69) is 25.0 Å². The first-order chi connectivity index (χ1) is 9.61. The number of benzene rings is 1. The topological polar surface area (TPSA) is 69.4 Å². The van der Waals surface area contributed by atoms with Gasteiger partial charge in [-0.05, 0) is 29.8 Å². The van der Waals surface area contributed by atoms with Gasteiger partial charge < -0.3 is 0 Å². The highest BCUT2D eigenvalue weighted by Gasteiger charge is 2.10. The molecule has 0 aliphatic rings. The second-order valence-electron chi connectivity index (χ2n) is 3.73. The van der Waals surface area contributed by atoms with Gasteiger partial charge in [-0.15, -0.1) is 0 Å². The highest BCUT2D eigenvalue weighted by molar-refractivity contribution is 6.35. The molecule has 0 radical (unpaired) electrons. The molecule has 0 atom stereocenters. The predicted octanol–water partition coefficient (Wildman–Crippen LogP) is 3.08. The standard InChI is InChI=1S/C11H5Cl3N6/c12-7-1-6(2-8(13)3-7)9-17-10(14)19-11(18-9)20-5-15-4-16-20/h1-5H. The van der Waals surface area contributed by atoms with E-state index in [0.717, 1.165) is 0 Å². The van der Waals surface area contributed by atoms with E-state index in [1.54, 1.807) is 18.2 Å². The second kappa shape index (κ2) is 5.32. The van der Waals surface area contributed by atoms with Crippen LogP contribution in [0.5, 0.6) is 0 Å². The Morgan fingerprint density at radius 1 is 0.900 bits per heavy atom. The highest BCUT2D eigenvalue weighted by atomic mass is 35.5. The lowest BCUT2D eigenvalue weighted by molar-refractivity contribution is 0.796. The fraction of sp³-hybridized carbons (Fsp3) is 0. The molecule has 1 aromatic carbocycles. The number of aromatic nitrogens is 6. The van der Waals surface area contributed by atoms with E-state index in [9.17, 15) is 0 Å². The summed E-state index contributed by atoms with van der Waals surface area (Å²) in [5.41, 5.74) is 0.633. The Morgan fingerprint density at radius 2 is 1.65 bits per heavy atom. The lowest BCUT2D eigenvalue weighted by Crippen LogP contribution is -2.05. The van der Waals surface area contributed by atoms with Gasteiger partial charge in [0.1, 0.15) is 12.7 Å². The van der Waals surface area contributed by atoms with Crippen LogP contribution in [-0.4, -0.2) is 29.7 Å². The third-order valence-electron chi connectivity index (χ3n) is 2.34. The first kappa shape index (κ1) is 13.2. The van der Waals surface area contributed by atoms with Crippen LogP contribution in [0.1, 0.15) is 0 Å². The van der Waals surface area contributed by atoms with Crippen molar-refractivity contribution in [1.82, 2.24) is 29.7 Å². The molecule has 0 aliphatic carbocycles. The van der Waals surface area contributed by atoms with Crippen molar-refractivity contribution in [2.24, 2.45) is 0 Å². The molecular formula is C11H5Cl3N6. The summed E-state index contributed by atoms with van der Waals surface area (Å²) in [6.45, 7) is 0. The summed E-state index contributed by atoms with van der Waals surface area (Å²) in [7, 11) is 0. The van der Waals surface area contributed by atoms with Crippen LogP contribution >= 0.6 is 34.8 Å². The first-order valence-corrected chi connectivity index (χ1v) is 6.48. The molecule has 0 spiro atoms. The molecule has 0 bridgehead atoms. The average molecular weight is 328 g/mol. The van der Waals surface area contributed by atoms with Crippen LogP contribution in [0, 0.1) is 0 Å². The quantitative estimate of drug-likeness (QED) is 0.723. The van der Waals surface area contributed by atoms with Crippen molar-refractivity contribution < 1.29 is 0 Å². The Labute approximate surface area is 128 Å². The van der Waals surface area contributed by atoms with Gasteiger partial charge in [0.25, 0.3) is 5.95 Å². The van der Waals surface area contributed by atoms with E-state index >= 15 is 0 Å². The first-order valence-electron chi connectivity index (χ1n) is 5.35. The maximum atomic E-state index is 5.96. The summed E-state index contributed by atoms with van der Waals surface area (Å²) < 4.78 is 1.38. The molecule has 0 saturated carbocycles.